The van der Waals surface area contributed by atoms with Crippen LogP contribution in [0.3, 0.4) is 0 Å². The van der Waals surface area contributed by atoms with Crippen molar-refractivity contribution < 1.29 is 19.1 Å². The molecule has 2 aliphatic rings. The van der Waals surface area contributed by atoms with Gasteiger partial charge in [-0.15, -0.1) is 0 Å². The fourth-order valence-electron chi connectivity index (χ4n) is 3.20. The van der Waals surface area contributed by atoms with Crippen LogP contribution in [0.1, 0.15) is 40.0 Å². The van der Waals surface area contributed by atoms with Crippen LogP contribution >= 0.6 is 0 Å². The summed E-state index contributed by atoms with van der Waals surface area (Å²) in [6.45, 7) is 5.99. The first-order chi connectivity index (χ1) is 7.84. The molecule has 0 unspecified atom stereocenters. The van der Waals surface area contributed by atoms with Crippen LogP contribution in [-0.4, -0.2) is 30.1 Å². The second-order valence-corrected chi connectivity index (χ2v) is 5.73. The Labute approximate surface area is 102 Å². The molecule has 3 atom stereocenters. The first-order valence-corrected chi connectivity index (χ1v) is 6.15. The predicted molar refractivity (Wildman–Crippen MR) is 61.4 cm³/mol. The molecule has 0 aliphatic carbocycles. The van der Waals surface area contributed by atoms with Gasteiger partial charge in [0.1, 0.15) is 5.92 Å². The molecule has 2 rings (SSSR count). The van der Waals surface area contributed by atoms with Crippen molar-refractivity contribution in [3.8, 4) is 0 Å². The van der Waals surface area contributed by atoms with E-state index in [1.165, 1.54) is 7.11 Å². The van der Waals surface area contributed by atoms with Gasteiger partial charge in [0.25, 0.3) is 0 Å². The van der Waals surface area contributed by atoms with Crippen LogP contribution < -0.4 is 0 Å². The summed E-state index contributed by atoms with van der Waals surface area (Å²) in [6.07, 6.45) is 1.93. The molecule has 2 heterocycles. The Hall–Kier alpha value is -0.900. The molecule has 0 radical (unpaired) electrons. The highest BCUT2D eigenvalue weighted by atomic mass is 16.5. The van der Waals surface area contributed by atoms with Crippen LogP contribution in [0.15, 0.2) is 0 Å². The third kappa shape index (κ3) is 1.69. The van der Waals surface area contributed by atoms with Gasteiger partial charge in [-0.2, -0.15) is 0 Å². The number of hydrogen-bond donors (Lipinski definition) is 0. The van der Waals surface area contributed by atoms with Crippen LogP contribution in [0.2, 0.25) is 0 Å². The first-order valence-electron chi connectivity index (χ1n) is 6.15. The highest BCUT2D eigenvalue weighted by Gasteiger charge is 2.61. The number of ether oxygens (including phenoxy) is 2. The van der Waals surface area contributed by atoms with Gasteiger partial charge in [0.2, 0.25) is 0 Å². The average Bonchev–Trinajstić information content (AvgIpc) is 2.52. The van der Waals surface area contributed by atoms with Crippen LogP contribution in [0.5, 0.6) is 0 Å². The van der Waals surface area contributed by atoms with Gasteiger partial charge < -0.3 is 9.47 Å². The van der Waals surface area contributed by atoms with Crippen molar-refractivity contribution in [3.63, 3.8) is 0 Å². The number of carbonyl (C=O) groups is 2. The van der Waals surface area contributed by atoms with Gasteiger partial charge in [-0.05, 0) is 25.7 Å². The SMILES string of the molecule is COC(=O)[C@H]1C(=O)C[C@]2(C(C)C)CC[C@@]1(C)O2. The standard InChI is InChI=1S/C13H20O4/c1-8(2)13-6-5-12(3,17-13)10(9(14)7-13)11(15)16-4/h8,10H,5-7H2,1-4H3/t10-,12-,13+/m1/s1. The van der Waals surface area contributed by atoms with E-state index in [2.05, 4.69) is 13.8 Å². The van der Waals surface area contributed by atoms with Crippen LogP contribution in [-0.2, 0) is 19.1 Å². The molecule has 0 N–H and O–H groups in total. The van der Waals surface area contributed by atoms with Crippen molar-refractivity contribution in [2.75, 3.05) is 7.11 Å². The van der Waals surface area contributed by atoms with Gasteiger partial charge >= 0.3 is 5.97 Å². The maximum Gasteiger partial charge on any atom is 0.319 e. The highest BCUT2D eigenvalue weighted by molar-refractivity contribution is 6.01. The van der Waals surface area contributed by atoms with E-state index in [1.807, 2.05) is 6.92 Å². The molecule has 2 saturated heterocycles. The molecule has 17 heavy (non-hydrogen) atoms. The zero-order chi connectivity index (χ0) is 12.8. The van der Waals surface area contributed by atoms with E-state index < -0.39 is 17.5 Å². The minimum Gasteiger partial charge on any atom is -0.468 e. The summed E-state index contributed by atoms with van der Waals surface area (Å²) in [5.41, 5.74) is -1.04. The normalized spacial score (nSPS) is 40.8. The van der Waals surface area contributed by atoms with E-state index in [1.54, 1.807) is 0 Å². The Kier molecular flexibility index (Phi) is 2.81. The van der Waals surface area contributed by atoms with E-state index in [-0.39, 0.29) is 17.3 Å². The number of fused-ring (bicyclic) bond motifs is 2. The van der Waals surface area contributed by atoms with Crippen molar-refractivity contribution in [2.24, 2.45) is 11.8 Å². The second-order valence-electron chi connectivity index (χ2n) is 5.73. The summed E-state index contributed by atoms with van der Waals surface area (Å²) in [5, 5.41) is 0. The maximum atomic E-state index is 12.2. The number of ketones is 1. The van der Waals surface area contributed by atoms with Gasteiger partial charge in [-0.25, -0.2) is 0 Å². The van der Waals surface area contributed by atoms with Gasteiger partial charge in [-0.3, -0.25) is 9.59 Å². The molecule has 0 aromatic rings. The Morgan fingerprint density at radius 2 is 2.12 bits per heavy atom. The number of esters is 1. The van der Waals surface area contributed by atoms with Gasteiger partial charge in [0, 0.05) is 6.42 Å². The molecular weight excluding hydrogens is 220 g/mol. The number of methoxy groups -OCH3 is 1. The lowest BCUT2D eigenvalue weighted by atomic mass is 9.79. The van der Waals surface area contributed by atoms with E-state index in [4.69, 9.17) is 9.47 Å². The van der Waals surface area contributed by atoms with E-state index in [0.717, 1.165) is 12.8 Å². The fourth-order valence-corrected chi connectivity index (χ4v) is 3.20. The highest BCUT2D eigenvalue weighted by Crippen LogP contribution is 2.52. The van der Waals surface area contributed by atoms with Crippen LogP contribution in [0.25, 0.3) is 0 Å². The second kappa shape index (κ2) is 3.80. The molecule has 0 saturated carbocycles. The van der Waals surface area contributed by atoms with Gasteiger partial charge in [-0.1, -0.05) is 13.8 Å². The monoisotopic (exact) mass is 240 g/mol. The number of Topliss-reactive ketones (excluding diaryl/α,β-unsaturated/α-hetero) is 1. The average molecular weight is 240 g/mol. The number of hydrogen-bond acceptors (Lipinski definition) is 4. The summed E-state index contributed by atoms with van der Waals surface area (Å²) in [7, 11) is 1.32. The van der Waals surface area contributed by atoms with Crippen molar-refractivity contribution in [2.45, 2.75) is 51.2 Å². The summed E-state index contributed by atoms with van der Waals surface area (Å²) in [5.74, 6) is -0.956. The Balaban J connectivity index is 2.34. The fraction of sp³-hybridized carbons (Fsp3) is 0.846. The smallest absolute Gasteiger partial charge is 0.319 e. The zero-order valence-corrected chi connectivity index (χ0v) is 10.9. The topological polar surface area (TPSA) is 52.6 Å². The molecule has 4 nitrogen and oxygen atoms in total. The van der Waals surface area contributed by atoms with Crippen LogP contribution in [0, 0.1) is 11.8 Å². The van der Waals surface area contributed by atoms with Gasteiger partial charge in [0.15, 0.2) is 5.78 Å². The molecular formula is C13H20O4. The van der Waals surface area contributed by atoms with E-state index in [9.17, 15) is 9.59 Å². The molecule has 2 bridgehead atoms. The number of carbonyl (C=O) groups excluding carboxylic acids is 2. The Morgan fingerprint density at radius 3 is 2.65 bits per heavy atom. The minimum atomic E-state index is -0.748. The molecule has 4 heteroatoms. The third-order valence-corrected chi connectivity index (χ3v) is 4.38. The lowest BCUT2D eigenvalue weighted by molar-refractivity contribution is -0.194. The first kappa shape index (κ1) is 12.6. The quantitative estimate of drug-likeness (QED) is 0.544. The summed E-state index contributed by atoms with van der Waals surface area (Å²) >= 11 is 0. The third-order valence-electron chi connectivity index (χ3n) is 4.38. The van der Waals surface area contributed by atoms with Crippen LogP contribution in [0.4, 0.5) is 0 Å². The van der Waals surface area contributed by atoms with E-state index >= 15 is 0 Å². The van der Waals surface area contributed by atoms with Crippen molar-refractivity contribution >= 4 is 11.8 Å². The van der Waals surface area contributed by atoms with E-state index in [0.29, 0.717) is 6.42 Å². The van der Waals surface area contributed by atoms with Gasteiger partial charge in [0.05, 0.1) is 18.3 Å². The Morgan fingerprint density at radius 1 is 1.47 bits per heavy atom. The molecule has 0 aromatic heterocycles. The minimum absolute atomic E-state index is 0.0307. The lowest BCUT2D eigenvalue weighted by Gasteiger charge is -2.43. The van der Waals surface area contributed by atoms with Crippen molar-refractivity contribution in [1.29, 1.82) is 0 Å². The number of rotatable bonds is 2. The lowest BCUT2D eigenvalue weighted by Crippen LogP contribution is -2.54. The Bertz CT molecular complexity index is 362. The summed E-state index contributed by atoms with van der Waals surface area (Å²) in [6, 6.07) is 0. The maximum absolute atomic E-state index is 12.2. The molecule has 0 amide bonds. The molecule has 0 spiro atoms. The summed E-state index contributed by atoms with van der Waals surface area (Å²) in [4.78, 5) is 23.9. The van der Waals surface area contributed by atoms with Crippen molar-refractivity contribution in [3.05, 3.63) is 0 Å². The zero-order valence-electron chi connectivity index (χ0n) is 10.9. The molecule has 0 aromatic carbocycles. The summed E-state index contributed by atoms with van der Waals surface area (Å²) < 4.78 is 10.8. The molecule has 2 aliphatic heterocycles. The largest absolute Gasteiger partial charge is 0.468 e. The molecule has 96 valence electrons. The predicted octanol–water partition coefficient (Wildman–Crippen LogP) is 1.71. The molecule has 2 fully saturated rings. The van der Waals surface area contributed by atoms with Crippen molar-refractivity contribution in [1.82, 2.24) is 0 Å².